The van der Waals surface area contributed by atoms with Crippen LogP contribution in [0, 0.1) is 10.8 Å². The number of aliphatic hydroxyl groups excluding tert-OH is 1. The number of carbonyl (C=O) groups is 3. The van der Waals surface area contributed by atoms with Crippen LogP contribution in [0.15, 0.2) is 11.6 Å². The molecule has 0 unspecified atom stereocenters. The van der Waals surface area contributed by atoms with Crippen LogP contribution in [-0.2, 0) is 28.6 Å². The van der Waals surface area contributed by atoms with Gasteiger partial charge in [0.05, 0.1) is 23.0 Å². The van der Waals surface area contributed by atoms with Crippen LogP contribution < -0.4 is 0 Å². The van der Waals surface area contributed by atoms with Gasteiger partial charge in [0.25, 0.3) is 0 Å². The number of alkyl halides is 1. The molecule has 2 aliphatic heterocycles. The number of esters is 1. The van der Waals surface area contributed by atoms with E-state index in [2.05, 4.69) is 15.9 Å². The van der Waals surface area contributed by atoms with Crippen LogP contribution in [0.2, 0.25) is 0 Å². The SMILES string of the molecule is CC(=O)OC[C@]12[C@H](O)C(=O)C(C)=C[C@H]1O[C@@H]1C(=O)[C@@H](Br)[C@@]2(C)[C@]12CO2. The monoisotopic (exact) mass is 414 g/mol. The van der Waals surface area contributed by atoms with Crippen LogP contribution in [0.4, 0.5) is 0 Å². The van der Waals surface area contributed by atoms with Crippen molar-refractivity contribution >= 4 is 33.5 Å². The molecule has 2 bridgehead atoms. The van der Waals surface area contributed by atoms with Crippen molar-refractivity contribution in [3.8, 4) is 0 Å². The number of carbonyl (C=O) groups excluding carboxylic acids is 3. The minimum atomic E-state index is -1.47. The Labute approximate surface area is 152 Å². The third-order valence-electron chi connectivity index (χ3n) is 6.57. The predicted octanol–water partition coefficient (Wildman–Crippen LogP) is 0.315. The molecule has 7 nitrogen and oxygen atoms in total. The van der Waals surface area contributed by atoms with Gasteiger partial charge in [0, 0.05) is 12.3 Å². The molecule has 1 spiro atoms. The number of hydrogen-bond acceptors (Lipinski definition) is 7. The van der Waals surface area contributed by atoms with Crippen molar-refractivity contribution in [1.82, 2.24) is 0 Å². The van der Waals surface area contributed by atoms with Gasteiger partial charge in [0.2, 0.25) is 0 Å². The molecular formula is C17H19BrO7. The van der Waals surface area contributed by atoms with Crippen LogP contribution >= 0.6 is 15.9 Å². The number of Topliss-reactive ketones (excluding diaryl/α,β-unsaturated/α-hetero) is 2. The third kappa shape index (κ3) is 1.74. The molecule has 1 N–H and O–H groups in total. The molecule has 25 heavy (non-hydrogen) atoms. The zero-order chi connectivity index (χ0) is 18.4. The summed E-state index contributed by atoms with van der Waals surface area (Å²) in [6, 6.07) is 0. The summed E-state index contributed by atoms with van der Waals surface area (Å²) in [5.74, 6) is -1.17. The molecule has 0 aromatic rings. The highest BCUT2D eigenvalue weighted by molar-refractivity contribution is 9.10. The van der Waals surface area contributed by atoms with Crippen LogP contribution in [0.5, 0.6) is 0 Å². The molecule has 136 valence electrons. The Morgan fingerprint density at radius 2 is 2.12 bits per heavy atom. The van der Waals surface area contributed by atoms with Gasteiger partial charge in [0.1, 0.15) is 24.4 Å². The van der Waals surface area contributed by atoms with E-state index in [0.29, 0.717) is 12.2 Å². The second kappa shape index (κ2) is 5.00. The van der Waals surface area contributed by atoms with Crippen molar-refractivity contribution in [2.75, 3.05) is 13.2 Å². The first-order chi connectivity index (χ1) is 11.6. The Morgan fingerprint density at radius 1 is 1.48 bits per heavy atom. The van der Waals surface area contributed by atoms with Gasteiger partial charge in [-0.05, 0) is 18.6 Å². The van der Waals surface area contributed by atoms with E-state index >= 15 is 0 Å². The third-order valence-corrected chi connectivity index (χ3v) is 7.94. The first-order valence-electron chi connectivity index (χ1n) is 8.15. The quantitative estimate of drug-likeness (QED) is 0.394. The maximum absolute atomic E-state index is 12.8. The van der Waals surface area contributed by atoms with Crippen LogP contribution in [0.25, 0.3) is 0 Å². The fourth-order valence-electron chi connectivity index (χ4n) is 4.95. The molecule has 4 aliphatic rings. The highest BCUT2D eigenvalue weighted by Crippen LogP contribution is 2.71. The number of halogens is 1. The van der Waals surface area contributed by atoms with Gasteiger partial charge in [-0.25, -0.2) is 0 Å². The van der Waals surface area contributed by atoms with Gasteiger partial charge in [0.15, 0.2) is 11.6 Å². The van der Waals surface area contributed by atoms with Gasteiger partial charge in [-0.3, -0.25) is 14.4 Å². The molecule has 1 saturated carbocycles. The molecule has 0 radical (unpaired) electrons. The minimum absolute atomic E-state index is 0.178. The largest absolute Gasteiger partial charge is 0.465 e. The van der Waals surface area contributed by atoms with Crippen molar-refractivity contribution in [2.24, 2.45) is 10.8 Å². The molecule has 0 aromatic carbocycles. The first kappa shape index (κ1) is 17.3. The molecule has 0 aromatic heterocycles. The van der Waals surface area contributed by atoms with E-state index < -0.39 is 51.3 Å². The Kier molecular flexibility index (Phi) is 3.46. The Hall–Kier alpha value is -1.09. The number of ether oxygens (including phenoxy) is 3. The summed E-state index contributed by atoms with van der Waals surface area (Å²) in [6.07, 6.45) is -1.37. The lowest BCUT2D eigenvalue weighted by molar-refractivity contribution is -0.242. The second-order valence-corrected chi connectivity index (χ2v) is 8.43. The summed E-state index contributed by atoms with van der Waals surface area (Å²) in [5, 5.41) is 11.0. The zero-order valence-corrected chi connectivity index (χ0v) is 15.7. The number of aliphatic hydroxyl groups is 1. The molecule has 2 aliphatic carbocycles. The van der Waals surface area contributed by atoms with Crippen molar-refractivity contribution in [1.29, 1.82) is 0 Å². The number of rotatable bonds is 2. The molecule has 8 heteroatoms. The number of hydrogen-bond donors (Lipinski definition) is 1. The molecule has 3 fully saturated rings. The van der Waals surface area contributed by atoms with Crippen molar-refractivity contribution in [2.45, 2.75) is 49.5 Å². The summed E-state index contributed by atoms with van der Waals surface area (Å²) in [6.45, 7) is 4.71. The Balaban J connectivity index is 1.95. The second-order valence-electron chi connectivity index (χ2n) is 7.52. The smallest absolute Gasteiger partial charge is 0.302 e. The average Bonchev–Trinajstić information content (AvgIpc) is 3.34. The number of epoxide rings is 1. The molecule has 2 heterocycles. The van der Waals surface area contributed by atoms with Crippen LogP contribution in [0.1, 0.15) is 20.8 Å². The van der Waals surface area contributed by atoms with E-state index in [1.54, 1.807) is 19.9 Å². The fraction of sp³-hybridized carbons (Fsp3) is 0.706. The number of fused-ring (bicyclic) bond motifs is 2. The van der Waals surface area contributed by atoms with Gasteiger partial charge < -0.3 is 19.3 Å². The van der Waals surface area contributed by atoms with E-state index in [4.69, 9.17) is 14.2 Å². The summed E-state index contributed by atoms with van der Waals surface area (Å²) < 4.78 is 17.0. The lowest BCUT2D eigenvalue weighted by atomic mass is 9.50. The lowest BCUT2D eigenvalue weighted by Crippen LogP contribution is -2.72. The lowest BCUT2D eigenvalue weighted by Gasteiger charge is -2.58. The van der Waals surface area contributed by atoms with E-state index in [1.165, 1.54) is 6.92 Å². The normalized spacial score (nSPS) is 50.5. The minimum Gasteiger partial charge on any atom is -0.465 e. The fourth-order valence-corrected chi connectivity index (χ4v) is 6.01. The van der Waals surface area contributed by atoms with Crippen molar-refractivity contribution in [3.05, 3.63) is 11.6 Å². The van der Waals surface area contributed by atoms with E-state index in [9.17, 15) is 19.5 Å². The van der Waals surface area contributed by atoms with Gasteiger partial charge in [-0.1, -0.05) is 22.9 Å². The molecule has 7 atom stereocenters. The van der Waals surface area contributed by atoms with Gasteiger partial charge in [-0.2, -0.15) is 0 Å². The maximum atomic E-state index is 12.8. The summed E-state index contributed by atoms with van der Waals surface area (Å²) in [4.78, 5) is 36.2. The Bertz CT molecular complexity index is 727. The van der Waals surface area contributed by atoms with Crippen LogP contribution in [0.3, 0.4) is 0 Å². The van der Waals surface area contributed by atoms with E-state index in [-0.39, 0.29) is 12.4 Å². The maximum Gasteiger partial charge on any atom is 0.302 e. The molecule has 4 rings (SSSR count). The first-order valence-corrected chi connectivity index (χ1v) is 9.06. The molecule has 2 saturated heterocycles. The molecular weight excluding hydrogens is 396 g/mol. The van der Waals surface area contributed by atoms with Crippen molar-refractivity contribution in [3.63, 3.8) is 0 Å². The standard InChI is InChI=1S/C17H19BrO7/c1-7-4-9-16(5-23-8(2)19,13(22)10(7)20)15(3)12(18)11(21)14(25-9)17(15)6-24-17/h4,9,12-14,22H,5-6H2,1-3H3/t9-,12-,13-,14-,15-,16-,17+/m1/s1. The zero-order valence-electron chi connectivity index (χ0n) is 14.1. The summed E-state index contributed by atoms with van der Waals surface area (Å²) >= 11 is 3.46. The van der Waals surface area contributed by atoms with E-state index in [0.717, 1.165) is 0 Å². The highest BCUT2D eigenvalue weighted by atomic mass is 79.9. The topological polar surface area (TPSA) is 102 Å². The van der Waals surface area contributed by atoms with E-state index in [1.807, 2.05) is 0 Å². The predicted molar refractivity (Wildman–Crippen MR) is 87.0 cm³/mol. The van der Waals surface area contributed by atoms with Crippen LogP contribution in [-0.4, -0.2) is 64.6 Å². The average molecular weight is 415 g/mol. The van der Waals surface area contributed by atoms with Gasteiger partial charge >= 0.3 is 5.97 Å². The summed E-state index contributed by atoms with van der Waals surface area (Å²) in [7, 11) is 0. The van der Waals surface area contributed by atoms with Gasteiger partial charge in [-0.15, -0.1) is 0 Å². The highest BCUT2D eigenvalue weighted by Gasteiger charge is 2.86. The van der Waals surface area contributed by atoms with Crippen molar-refractivity contribution < 1.29 is 33.7 Å². The number of ketones is 2. The Morgan fingerprint density at radius 3 is 2.68 bits per heavy atom. The molecule has 0 amide bonds. The summed E-state index contributed by atoms with van der Waals surface area (Å²) in [5.41, 5.74) is -2.85.